The van der Waals surface area contributed by atoms with Crippen molar-refractivity contribution in [1.82, 2.24) is 28.5 Å². The first kappa shape index (κ1) is 26.1. The molecule has 16 heteroatoms. The van der Waals surface area contributed by atoms with Crippen molar-refractivity contribution in [3.05, 3.63) is 36.5 Å². The van der Waals surface area contributed by atoms with E-state index in [0.29, 0.717) is 20.9 Å². The molecule has 1 N–H and O–H groups in total. The molecule has 10 nitrogen and oxygen atoms in total. The summed E-state index contributed by atoms with van der Waals surface area (Å²) in [6.07, 6.45) is 0.314. The predicted molar refractivity (Wildman–Crippen MR) is 128 cm³/mol. The molecule has 1 aliphatic heterocycles. The van der Waals surface area contributed by atoms with Gasteiger partial charge in [-0.25, -0.2) is 39.9 Å². The van der Waals surface area contributed by atoms with Crippen molar-refractivity contribution in [1.29, 1.82) is 0 Å². The molecule has 0 amide bonds. The lowest BCUT2D eigenvalue weighted by Gasteiger charge is -2.37. The number of aromatic nitrogens is 5. The third kappa shape index (κ3) is 4.73. The predicted octanol–water partition coefficient (Wildman–Crippen LogP) is 3.24. The maximum Gasteiger partial charge on any atom is 0.281 e. The Morgan fingerprint density at radius 3 is 2.71 bits per heavy atom. The number of methoxy groups -OCH3 is 1. The minimum absolute atomic E-state index is 0.0203. The zero-order valence-electron chi connectivity index (χ0n) is 20.1. The van der Waals surface area contributed by atoms with E-state index in [9.17, 15) is 26.0 Å². The van der Waals surface area contributed by atoms with Crippen molar-refractivity contribution in [2.75, 3.05) is 31.8 Å². The number of piperidine rings is 1. The third-order valence-corrected chi connectivity index (χ3v) is 7.58. The number of nitrogens with zero attached hydrogens (tertiary/aromatic N) is 6. The molecule has 4 heterocycles. The summed E-state index contributed by atoms with van der Waals surface area (Å²) < 4.78 is 102. The van der Waals surface area contributed by atoms with Gasteiger partial charge in [-0.05, 0) is 24.1 Å². The Balaban J connectivity index is 1.52. The van der Waals surface area contributed by atoms with Crippen molar-refractivity contribution in [2.45, 2.75) is 31.4 Å². The number of alkyl halides is 4. The molecule has 0 radical (unpaired) electrons. The summed E-state index contributed by atoms with van der Waals surface area (Å²) in [5.41, 5.74) is 1.23. The van der Waals surface area contributed by atoms with Crippen LogP contribution in [0.5, 0.6) is 5.88 Å². The smallest absolute Gasteiger partial charge is 0.281 e. The van der Waals surface area contributed by atoms with Gasteiger partial charge in [0.1, 0.15) is 5.52 Å². The fourth-order valence-electron chi connectivity index (χ4n) is 4.53. The molecule has 1 atom stereocenters. The quantitative estimate of drug-likeness (QED) is 0.347. The number of hydrogen-bond acceptors (Lipinski definition) is 7. The SMILES string of the molecule is COc1nc(N[C@@H]2CCN(S(C)(=O)=O)CC2(F)F)nn2cc(F)c(-c3ccc4ncn(CC(F)F)c4c3)c12. The van der Waals surface area contributed by atoms with E-state index < -0.39 is 47.3 Å². The molecule has 0 spiro atoms. The van der Waals surface area contributed by atoms with Gasteiger partial charge >= 0.3 is 0 Å². The van der Waals surface area contributed by atoms with E-state index in [4.69, 9.17) is 4.74 Å². The van der Waals surface area contributed by atoms with E-state index in [1.165, 1.54) is 24.1 Å². The van der Waals surface area contributed by atoms with Gasteiger partial charge in [-0.15, -0.1) is 5.10 Å². The van der Waals surface area contributed by atoms with E-state index in [1.54, 1.807) is 12.1 Å². The van der Waals surface area contributed by atoms with Gasteiger partial charge in [0.05, 0.1) is 61.6 Å². The number of hydrogen-bond donors (Lipinski definition) is 1. The first-order chi connectivity index (χ1) is 17.9. The Kier molecular flexibility index (Phi) is 6.41. The number of anilines is 1. The summed E-state index contributed by atoms with van der Waals surface area (Å²) in [6.45, 7) is -1.72. The van der Waals surface area contributed by atoms with Crippen molar-refractivity contribution in [2.24, 2.45) is 0 Å². The molecule has 3 aromatic heterocycles. The summed E-state index contributed by atoms with van der Waals surface area (Å²) in [4.78, 5) is 8.23. The first-order valence-electron chi connectivity index (χ1n) is 11.3. The van der Waals surface area contributed by atoms with Crippen LogP contribution in [-0.4, -0.2) is 81.7 Å². The van der Waals surface area contributed by atoms with Crippen molar-refractivity contribution in [3.63, 3.8) is 0 Å². The summed E-state index contributed by atoms with van der Waals surface area (Å²) in [6, 6.07) is 3.14. The highest BCUT2D eigenvalue weighted by atomic mass is 32.2. The monoisotopic (exact) mass is 559 g/mol. The van der Waals surface area contributed by atoms with Gasteiger partial charge in [-0.2, -0.15) is 9.29 Å². The molecule has 204 valence electrons. The van der Waals surface area contributed by atoms with Crippen LogP contribution in [0.2, 0.25) is 0 Å². The number of sulfonamides is 1. The molecular formula is C22H22F5N7O3S. The number of halogens is 5. The van der Waals surface area contributed by atoms with Gasteiger partial charge in [0.25, 0.3) is 12.3 Å². The molecule has 5 rings (SSSR count). The molecule has 0 aliphatic carbocycles. The van der Waals surface area contributed by atoms with Gasteiger partial charge < -0.3 is 14.6 Å². The number of rotatable bonds is 7. The molecule has 4 aromatic rings. The van der Waals surface area contributed by atoms with Crippen LogP contribution in [0.15, 0.2) is 30.7 Å². The first-order valence-corrected chi connectivity index (χ1v) is 13.2. The van der Waals surface area contributed by atoms with Gasteiger partial charge in [0.15, 0.2) is 5.82 Å². The Labute approximate surface area is 213 Å². The van der Waals surface area contributed by atoms with Gasteiger partial charge in [-0.3, -0.25) is 0 Å². The van der Waals surface area contributed by atoms with E-state index in [0.717, 1.165) is 17.0 Å². The molecular weight excluding hydrogens is 537 g/mol. The normalized spacial score (nSPS) is 18.5. The highest BCUT2D eigenvalue weighted by Gasteiger charge is 2.47. The van der Waals surface area contributed by atoms with Gasteiger partial charge in [-0.1, -0.05) is 6.07 Å². The molecule has 1 saturated heterocycles. The van der Waals surface area contributed by atoms with Crippen molar-refractivity contribution < 1.29 is 35.1 Å². The van der Waals surface area contributed by atoms with E-state index >= 15 is 4.39 Å². The van der Waals surface area contributed by atoms with E-state index in [2.05, 4.69) is 20.4 Å². The average molecular weight is 560 g/mol. The van der Waals surface area contributed by atoms with Crippen LogP contribution in [0.25, 0.3) is 27.7 Å². The lowest BCUT2D eigenvalue weighted by Crippen LogP contribution is -2.55. The lowest BCUT2D eigenvalue weighted by atomic mass is 10.0. The summed E-state index contributed by atoms with van der Waals surface area (Å²) in [5, 5.41) is 6.65. The number of benzene rings is 1. The van der Waals surface area contributed by atoms with Crippen LogP contribution in [0.1, 0.15) is 6.42 Å². The standard InChI is InChI=1S/C22H22F5N7O3S/c1-37-20-19-18(12-3-4-14-15(7-12)32(11-28-14)9-17(24)25)13(23)8-34(19)31-21(30-20)29-16-5-6-33(38(2,35)36)10-22(16,26)27/h3-4,7-8,11,16-17H,5-6,9-10H2,1-2H3,(H,29,31)/t16-/m1/s1. The second kappa shape index (κ2) is 9.34. The fraction of sp³-hybridized carbons (Fsp3) is 0.409. The zero-order chi connectivity index (χ0) is 27.4. The van der Waals surface area contributed by atoms with Crippen LogP contribution >= 0.6 is 0 Å². The Morgan fingerprint density at radius 2 is 2.05 bits per heavy atom. The second-order valence-electron chi connectivity index (χ2n) is 8.92. The Morgan fingerprint density at radius 1 is 1.29 bits per heavy atom. The number of fused-ring (bicyclic) bond motifs is 2. The van der Waals surface area contributed by atoms with Crippen LogP contribution in [0, 0.1) is 5.82 Å². The molecule has 0 unspecified atom stereocenters. The number of imidazole rings is 1. The molecule has 0 bridgehead atoms. The van der Waals surface area contributed by atoms with Crippen LogP contribution in [0.3, 0.4) is 0 Å². The minimum Gasteiger partial charge on any atom is -0.479 e. The number of nitrogens with one attached hydrogen (secondary N) is 1. The number of ether oxygens (including phenoxy) is 1. The fourth-order valence-corrected chi connectivity index (χ4v) is 5.37. The molecule has 0 saturated carbocycles. The largest absolute Gasteiger partial charge is 0.479 e. The second-order valence-corrected chi connectivity index (χ2v) is 10.9. The topological polar surface area (TPSA) is 107 Å². The van der Waals surface area contributed by atoms with Crippen LogP contribution < -0.4 is 10.1 Å². The maximum atomic E-state index is 15.2. The summed E-state index contributed by atoms with van der Waals surface area (Å²) in [5.74, 6) is -4.57. The average Bonchev–Trinajstić information content (AvgIpc) is 3.38. The highest BCUT2D eigenvalue weighted by molar-refractivity contribution is 7.88. The zero-order valence-corrected chi connectivity index (χ0v) is 20.9. The summed E-state index contributed by atoms with van der Waals surface area (Å²) >= 11 is 0. The van der Waals surface area contributed by atoms with Crippen molar-refractivity contribution >= 4 is 32.5 Å². The lowest BCUT2D eigenvalue weighted by molar-refractivity contribution is -0.0541. The molecule has 1 aliphatic rings. The van der Waals surface area contributed by atoms with Gasteiger partial charge in [0, 0.05) is 6.54 Å². The van der Waals surface area contributed by atoms with Gasteiger partial charge in [0.2, 0.25) is 21.9 Å². The molecule has 1 aromatic carbocycles. The Bertz CT molecular complexity index is 1620. The van der Waals surface area contributed by atoms with E-state index in [-0.39, 0.29) is 35.9 Å². The maximum absolute atomic E-state index is 15.2. The highest BCUT2D eigenvalue weighted by Crippen LogP contribution is 2.36. The molecule has 38 heavy (non-hydrogen) atoms. The van der Waals surface area contributed by atoms with E-state index in [1.807, 2.05) is 0 Å². The minimum atomic E-state index is -3.79. The molecule has 1 fully saturated rings. The Hall–Kier alpha value is -3.53. The van der Waals surface area contributed by atoms with Crippen molar-refractivity contribution in [3.8, 4) is 17.0 Å². The third-order valence-electron chi connectivity index (χ3n) is 6.33. The van der Waals surface area contributed by atoms with Crippen LogP contribution in [0.4, 0.5) is 27.9 Å². The van der Waals surface area contributed by atoms with Crippen LogP contribution in [-0.2, 0) is 16.6 Å². The summed E-state index contributed by atoms with van der Waals surface area (Å²) in [7, 11) is -2.53.